The summed E-state index contributed by atoms with van der Waals surface area (Å²) in [5, 5.41) is 0. The molecule has 10 aromatic carbocycles. The van der Waals surface area contributed by atoms with E-state index in [9.17, 15) is 0 Å². The van der Waals surface area contributed by atoms with Crippen LogP contribution in [-0.4, -0.2) is 6.54 Å². The van der Waals surface area contributed by atoms with Crippen LogP contribution in [0.4, 0.5) is 28.4 Å². The van der Waals surface area contributed by atoms with E-state index in [-0.39, 0.29) is 0 Å². The Hall–Kier alpha value is -8.98. The fourth-order valence-electron chi connectivity index (χ4n) is 10.8. The van der Waals surface area contributed by atoms with E-state index in [2.05, 4.69) is 295 Å². The third-order valence-corrected chi connectivity index (χ3v) is 14.1. The smallest absolute Gasteiger partial charge is 0.0713 e. The lowest BCUT2D eigenvalue weighted by atomic mass is 9.68. The van der Waals surface area contributed by atoms with Gasteiger partial charge in [0, 0.05) is 40.5 Å². The second kappa shape index (κ2) is 18.3. The zero-order valence-corrected chi connectivity index (χ0v) is 38.9. The van der Waals surface area contributed by atoms with E-state index < -0.39 is 5.41 Å². The number of benzene rings is 10. The van der Waals surface area contributed by atoms with Gasteiger partial charge in [-0.3, -0.25) is 0 Å². The summed E-state index contributed by atoms with van der Waals surface area (Å²) in [6.45, 7) is 5.22. The Morgan fingerprint density at radius 3 is 1.61 bits per heavy atom. The van der Waals surface area contributed by atoms with Gasteiger partial charge in [-0.2, -0.15) is 0 Å². The molecule has 0 saturated heterocycles. The van der Waals surface area contributed by atoms with Gasteiger partial charge in [0.1, 0.15) is 0 Å². The normalized spacial score (nSPS) is 14.3. The average Bonchev–Trinajstić information content (AvgIpc) is 3.77. The van der Waals surface area contributed by atoms with Crippen molar-refractivity contribution in [3.63, 3.8) is 0 Å². The molecule has 0 atom stereocenters. The fraction of sp³-hybridized carbons (Fsp3) is 0.0294. The van der Waals surface area contributed by atoms with Crippen LogP contribution >= 0.6 is 0 Å². The zero-order chi connectivity index (χ0) is 46.9. The summed E-state index contributed by atoms with van der Waals surface area (Å²) < 4.78 is 0. The largest absolute Gasteiger partial charge is 0.337 e. The Kier molecular flexibility index (Phi) is 11.1. The van der Waals surface area contributed by atoms with Gasteiger partial charge in [0.15, 0.2) is 0 Å². The number of hydrogen-bond donors (Lipinski definition) is 0. The Morgan fingerprint density at radius 2 is 0.900 bits per heavy atom. The van der Waals surface area contributed by atoms with Crippen LogP contribution in [0.1, 0.15) is 27.8 Å². The second-order valence-corrected chi connectivity index (χ2v) is 18.1. The molecule has 0 saturated carbocycles. The maximum Gasteiger partial charge on any atom is 0.0713 e. The topological polar surface area (TPSA) is 6.48 Å². The van der Waals surface area contributed by atoms with Gasteiger partial charge < -0.3 is 9.80 Å². The van der Waals surface area contributed by atoms with Crippen molar-refractivity contribution in [1.82, 2.24) is 0 Å². The molecule has 2 aliphatic rings. The predicted molar refractivity (Wildman–Crippen MR) is 295 cm³/mol. The van der Waals surface area contributed by atoms with Gasteiger partial charge in [-0.15, -0.1) is 0 Å². The van der Waals surface area contributed by atoms with Crippen molar-refractivity contribution >= 4 is 34.0 Å². The zero-order valence-electron chi connectivity index (χ0n) is 38.9. The lowest BCUT2D eigenvalue weighted by Gasteiger charge is -2.34. The van der Waals surface area contributed by atoms with Crippen molar-refractivity contribution < 1.29 is 0 Å². The summed E-state index contributed by atoms with van der Waals surface area (Å²) in [4.78, 5) is 4.80. The molecule has 1 aliphatic heterocycles. The van der Waals surface area contributed by atoms with Gasteiger partial charge in [0.25, 0.3) is 0 Å². The molecular weight excluding hydrogens is 845 g/mol. The van der Waals surface area contributed by atoms with Crippen LogP contribution in [-0.2, 0) is 5.41 Å². The van der Waals surface area contributed by atoms with Gasteiger partial charge >= 0.3 is 0 Å². The Morgan fingerprint density at radius 1 is 0.371 bits per heavy atom. The molecule has 332 valence electrons. The monoisotopic (exact) mass is 894 g/mol. The first-order chi connectivity index (χ1) is 34.6. The predicted octanol–water partition coefficient (Wildman–Crippen LogP) is 17.8. The SMILES string of the molecule is C=C1/C=C\C=C/CN(c2ccccc2)c2cc(-c3cccc(-c4cccc(N(c5ccc(-c6ccccc6)cc5)c5ccc6c(c5)-c5ccccc5C6(c5ccccc5)c5ccccc5)c4)c3)ccc21. The quantitative estimate of drug-likeness (QED) is 0.142. The molecule has 0 fully saturated rings. The van der Waals surface area contributed by atoms with E-state index in [0.29, 0.717) is 0 Å². The minimum Gasteiger partial charge on any atom is -0.337 e. The summed E-state index contributed by atoms with van der Waals surface area (Å²) in [5.41, 5.74) is 21.7. The van der Waals surface area contributed by atoms with Crippen molar-refractivity contribution in [3.05, 3.63) is 313 Å². The molecule has 0 unspecified atom stereocenters. The van der Waals surface area contributed by atoms with Crippen molar-refractivity contribution in [2.45, 2.75) is 5.41 Å². The van der Waals surface area contributed by atoms with Crippen molar-refractivity contribution in [3.8, 4) is 44.5 Å². The molecule has 2 nitrogen and oxygen atoms in total. The van der Waals surface area contributed by atoms with Crippen LogP contribution in [0.15, 0.2) is 286 Å². The van der Waals surface area contributed by atoms with E-state index in [1.165, 1.54) is 44.5 Å². The third kappa shape index (κ3) is 7.57. The lowest BCUT2D eigenvalue weighted by molar-refractivity contribution is 0.768. The number of allylic oxidation sites excluding steroid dienone is 4. The molecule has 70 heavy (non-hydrogen) atoms. The Bertz CT molecular complexity index is 3530. The highest BCUT2D eigenvalue weighted by molar-refractivity contribution is 5.92. The van der Waals surface area contributed by atoms with E-state index in [1.807, 2.05) is 0 Å². The average molecular weight is 895 g/mol. The Balaban J connectivity index is 0.981. The molecule has 0 radical (unpaired) electrons. The van der Waals surface area contributed by atoms with Gasteiger partial charge in [-0.05, 0) is 133 Å². The van der Waals surface area contributed by atoms with E-state index in [4.69, 9.17) is 0 Å². The number of anilines is 5. The maximum atomic E-state index is 4.47. The van der Waals surface area contributed by atoms with E-state index in [1.54, 1.807) is 0 Å². The van der Waals surface area contributed by atoms with Crippen molar-refractivity contribution in [2.24, 2.45) is 0 Å². The summed E-state index contributed by atoms with van der Waals surface area (Å²) in [6.07, 6.45) is 8.50. The highest BCUT2D eigenvalue weighted by Gasteiger charge is 2.46. The molecule has 12 rings (SSSR count). The van der Waals surface area contributed by atoms with E-state index >= 15 is 0 Å². The molecule has 2 heteroatoms. The standard InChI is InChI=1S/C68H50N2/c1-49-21-7-6-18-44-69(58-31-14-5-15-32-58)67-47-55(38-42-62(49)67)53-25-19-24-52(45-53)54-26-20-33-60(46-54)70(59-39-36-51(37-40-59)50-22-8-2-9-23-50)61-41-43-66-64(48-61)63-34-16-17-35-65(63)68(66,56-27-10-3-11-28-56)57-29-12-4-13-30-57/h2-43,45-48H,1,44H2/b18-6-,21-7-. The van der Waals surface area contributed by atoms with Gasteiger partial charge in [0.05, 0.1) is 5.41 Å². The highest BCUT2D eigenvalue weighted by Crippen LogP contribution is 2.57. The summed E-state index contributed by atoms with van der Waals surface area (Å²) >= 11 is 0. The van der Waals surface area contributed by atoms with Crippen LogP contribution in [0, 0.1) is 0 Å². The fourth-order valence-corrected chi connectivity index (χ4v) is 10.8. The van der Waals surface area contributed by atoms with Crippen LogP contribution in [0.2, 0.25) is 0 Å². The van der Waals surface area contributed by atoms with Gasteiger partial charge in [-0.1, -0.05) is 225 Å². The van der Waals surface area contributed by atoms with E-state index in [0.717, 1.165) is 68.4 Å². The summed E-state index contributed by atoms with van der Waals surface area (Å²) in [6, 6.07) is 93.2. The number of para-hydroxylation sites is 1. The maximum absolute atomic E-state index is 4.47. The minimum atomic E-state index is -0.474. The second-order valence-electron chi connectivity index (χ2n) is 18.1. The lowest BCUT2D eigenvalue weighted by Crippen LogP contribution is -2.28. The molecular formula is C68H50N2. The number of nitrogens with zero attached hydrogens (tertiary/aromatic N) is 2. The van der Waals surface area contributed by atoms with Crippen LogP contribution in [0.3, 0.4) is 0 Å². The van der Waals surface area contributed by atoms with Gasteiger partial charge in [-0.25, -0.2) is 0 Å². The molecule has 1 aliphatic carbocycles. The van der Waals surface area contributed by atoms with Crippen LogP contribution < -0.4 is 9.80 Å². The van der Waals surface area contributed by atoms with Crippen molar-refractivity contribution in [1.29, 1.82) is 0 Å². The van der Waals surface area contributed by atoms with Crippen LogP contribution in [0.5, 0.6) is 0 Å². The number of fused-ring (bicyclic) bond motifs is 4. The first-order valence-corrected chi connectivity index (χ1v) is 24.1. The molecule has 0 spiro atoms. The summed E-state index contributed by atoms with van der Waals surface area (Å²) in [5.74, 6) is 0. The first-order valence-electron chi connectivity index (χ1n) is 24.1. The molecule has 0 bridgehead atoms. The molecule has 0 aromatic heterocycles. The Labute approximate surface area is 411 Å². The van der Waals surface area contributed by atoms with Crippen molar-refractivity contribution in [2.75, 3.05) is 16.3 Å². The van der Waals surface area contributed by atoms with Gasteiger partial charge in [0.2, 0.25) is 0 Å². The third-order valence-electron chi connectivity index (χ3n) is 14.1. The molecule has 0 N–H and O–H groups in total. The van der Waals surface area contributed by atoms with Crippen LogP contribution in [0.25, 0.3) is 50.1 Å². The molecule has 0 amide bonds. The first kappa shape index (κ1) is 42.4. The highest BCUT2D eigenvalue weighted by atomic mass is 15.1. The minimum absolute atomic E-state index is 0.474. The number of rotatable bonds is 9. The molecule has 1 heterocycles. The number of hydrogen-bond acceptors (Lipinski definition) is 2. The molecule has 10 aromatic rings. The summed E-state index contributed by atoms with van der Waals surface area (Å²) in [7, 11) is 0.